The van der Waals surface area contributed by atoms with Crippen LogP contribution in [0.3, 0.4) is 0 Å². The van der Waals surface area contributed by atoms with Crippen LogP contribution in [0, 0.1) is 0 Å². The van der Waals surface area contributed by atoms with Crippen LogP contribution >= 0.6 is 0 Å². The van der Waals surface area contributed by atoms with Crippen molar-refractivity contribution in [2.75, 3.05) is 12.0 Å². The third-order valence-electron chi connectivity index (χ3n) is 2.49. The van der Waals surface area contributed by atoms with Crippen LogP contribution in [0.4, 0.5) is 0 Å². The van der Waals surface area contributed by atoms with E-state index in [4.69, 9.17) is 8.54 Å². The zero-order chi connectivity index (χ0) is 11.4. The van der Waals surface area contributed by atoms with Crippen molar-refractivity contribution in [2.45, 2.75) is 23.2 Å². The standard InChI is InChI=1S/C9H15I2NO3/c1-10-12(2)8-4-3-6(11-15)5-7(8)9(13)14/h6,15H,3-5H2,1-2H3,(H,13,14)/q-2. The molecule has 90 valence electrons. The topological polar surface area (TPSA) is 60.8 Å². The molecular formula is C9H15I2NO3-2. The summed E-state index contributed by atoms with van der Waals surface area (Å²) < 4.78 is 11.5. The Balaban J connectivity index is 2.90. The van der Waals surface area contributed by atoms with Gasteiger partial charge in [0.25, 0.3) is 0 Å². The fourth-order valence-corrected chi connectivity index (χ4v) is 3.96. The minimum atomic E-state index is -0.817. The van der Waals surface area contributed by atoms with E-state index in [-0.39, 0.29) is 25.4 Å². The average molecular weight is 439 g/mol. The van der Waals surface area contributed by atoms with Gasteiger partial charge in [-0.05, 0) is 0 Å². The molecule has 0 saturated carbocycles. The monoisotopic (exact) mass is 439 g/mol. The predicted octanol–water partition coefficient (Wildman–Crippen LogP) is -5.56. The molecule has 0 aromatic carbocycles. The molecule has 0 radical (unpaired) electrons. The van der Waals surface area contributed by atoms with Gasteiger partial charge in [-0.1, -0.05) is 0 Å². The molecule has 0 spiro atoms. The van der Waals surface area contributed by atoms with Crippen molar-refractivity contribution in [2.24, 2.45) is 0 Å². The van der Waals surface area contributed by atoms with Crippen molar-refractivity contribution in [3.8, 4) is 0 Å². The van der Waals surface area contributed by atoms with Crippen LogP contribution in [0.15, 0.2) is 11.3 Å². The van der Waals surface area contributed by atoms with E-state index in [0.717, 1.165) is 18.5 Å². The Bertz CT molecular complexity index is 281. The molecule has 1 unspecified atom stereocenters. The number of nitrogens with zero attached hydrogens (tertiary/aromatic N) is 1. The summed E-state index contributed by atoms with van der Waals surface area (Å²) >= 11 is -0.911. The molecule has 1 rings (SSSR count). The van der Waals surface area contributed by atoms with Crippen molar-refractivity contribution in [3.05, 3.63) is 11.3 Å². The maximum absolute atomic E-state index is 11.1. The first kappa shape index (κ1) is 13.5. The molecule has 1 atom stereocenters. The van der Waals surface area contributed by atoms with E-state index in [9.17, 15) is 4.79 Å². The third kappa shape index (κ3) is 3.45. The first-order valence-electron chi connectivity index (χ1n) is 4.56. The molecule has 0 amide bonds. The molecule has 2 N–H and O–H groups in total. The van der Waals surface area contributed by atoms with Crippen LogP contribution in [0.2, 0.25) is 0 Å². The van der Waals surface area contributed by atoms with E-state index in [1.54, 1.807) is 0 Å². The van der Waals surface area contributed by atoms with Gasteiger partial charge in [0.05, 0.1) is 0 Å². The quantitative estimate of drug-likeness (QED) is 0.261. The van der Waals surface area contributed by atoms with E-state index >= 15 is 0 Å². The average Bonchev–Trinajstić information content (AvgIpc) is 2.27. The number of aliphatic carboxylic acids is 1. The second-order valence-electron chi connectivity index (χ2n) is 3.31. The molecule has 0 saturated heterocycles. The van der Waals surface area contributed by atoms with Gasteiger partial charge in [0.1, 0.15) is 0 Å². The number of halogens is 2. The van der Waals surface area contributed by atoms with Crippen molar-refractivity contribution >= 4 is 5.97 Å². The fraction of sp³-hybridized carbons (Fsp3) is 0.667. The number of carboxylic acids is 1. The number of hydrogen-bond acceptors (Lipinski definition) is 3. The van der Waals surface area contributed by atoms with Crippen molar-refractivity contribution in [1.29, 1.82) is 0 Å². The van der Waals surface area contributed by atoms with Gasteiger partial charge >= 0.3 is 112 Å². The predicted molar refractivity (Wildman–Crippen MR) is 48.2 cm³/mol. The summed E-state index contributed by atoms with van der Waals surface area (Å²) in [6.07, 6.45) is 2.32. The number of rotatable bonds is 4. The molecule has 0 aromatic heterocycles. The summed E-state index contributed by atoms with van der Waals surface area (Å²) in [5, 5.41) is 9.12. The van der Waals surface area contributed by atoms with E-state index in [0.29, 0.717) is 12.0 Å². The van der Waals surface area contributed by atoms with Gasteiger partial charge in [-0.15, -0.1) is 0 Å². The van der Waals surface area contributed by atoms with Crippen LogP contribution in [0.1, 0.15) is 19.3 Å². The van der Waals surface area contributed by atoms with E-state index in [1.165, 1.54) is 0 Å². The summed E-state index contributed by atoms with van der Waals surface area (Å²) in [4.78, 5) is 13.2. The number of hydrogen-bond donors (Lipinski definition) is 2. The van der Waals surface area contributed by atoms with Gasteiger partial charge < -0.3 is 0 Å². The first-order valence-corrected chi connectivity index (χ1v) is 9.89. The molecule has 1 aliphatic carbocycles. The zero-order valence-corrected chi connectivity index (χ0v) is 13.0. The van der Waals surface area contributed by atoms with Gasteiger partial charge in [0.2, 0.25) is 0 Å². The molecule has 0 aliphatic heterocycles. The van der Waals surface area contributed by atoms with Gasteiger partial charge in [0, 0.05) is 0 Å². The number of carbonyl (C=O) groups is 1. The maximum atomic E-state index is 11.1. The summed E-state index contributed by atoms with van der Waals surface area (Å²) in [5.74, 6) is -0.809. The second kappa shape index (κ2) is 6.24. The Hall–Kier alpha value is 0.430. The summed E-state index contributed by atoms with van der Waals surface area (Å²) in [6, 6.07) is 0. The Morgan fingerprint density at radius 1 is 1.60 bits per heavy atom. The van der Waals surface area contributed by atoms with E-state index in [2.05, 4.69) is 8.04 Å². The van der Waals surface area contributed by atoms with Crippen LogP contribution in [-0.4, -0.2) is 33.5 Å². The fourth-order valence-electron chi connectivity index (χ4n) is 1.62. The number of carboxylic acid groups (broad SMARTS) is 1. The van der Waals surface area contributed by atoms with Crippen LogP contribution < -0.4 is 43.1 Å². The van der Waals surface area contributed by atoms with Crippen LogP contribution in [0.5, 0.6) is 0 Å². The van der Waals surface area contributed by atoms with Crippen molar-refractivity contribution < 1.29 is 56.4 Å². The summed E-state index contributed by atoms with van der Waals surface area (Å²) in [5.41, 5.74) is 1.52. The Labute approximate surface area is 111 Å². The first-order chi connectivity index (χ1) is 7.10. The molecule has 15 heavy (non-hydrogen) atoms. The van der Waals surface area contributed by atoms with Crippen molar-refractivity contribution in [3.63, 3.8) is 0 Å². The van der Waals surface area contributed by atoms with E-state index < -0.39 is 27.6 Å². The Kier molecular flexibility index (Phi) is 5.61. The van der Waals surface area contributed by atoms with Gasteiger partial charge in [-0.25, -0.2) is 0 Å². The molecule has 0 bridgehead atoms. The molecule has 0 heterocycles. The molecule has 4 nitrogen and oxygen atoms in total. The summed E-state index contributed by atoms with van der Waals surface area (Å²) in [7, 11) is 1.97. The molecule has 6 heteroatoms. The molecule has 0 fully saturated rings. The Morgan fingerprint density at radius 2 is 2.27 bits per heavy atom. The van der Waals surface area contributed by atoms with Gasteiger partial charge in [-0.3, -0.25) is 0 Å². The van der Waals surface area contributed by atoms with Gasteiger partial charge in [0.15, 0.2) is 0 Å². The second-order valence-corrected chi connectivity index (χ2v) is 8.05. The summed E-state index contributed by atoms with van der Waals surface area (Å²) in [6.45, 7) is 0. The SMILES string of the molecule is C[I-]N(C)C1=C(C(=O)O)CC([I-]O)CC1. The third-order valence-corrected chi connectivity index (χ3v) is 6.37. The normalized spacial score (nSPS) is 22.2. The van der Waals surface area contributed by atoms with Crippen LogP contribution in [-0.2, 0) is 4.79 Å². The number of alkyl halides is 2. The molecular weight excluding hydrogens is 424 g/mol. The zero-order valence-electron chi connectivity index (χ0n) is 8.70. The van der Waals surface area contributed by atoms with Crippen LogP contribution in [0.25, 0.3) is 0 Å². The minimum absolute atomic E-state index is 0.0937. The van der Waals surface area contributed by atoms with Crippen molar-refractivity contribution in [1.82, 2.24) is 3.11 Å². The molecule has 1 aliphatic rings. The van der Waals surface area contributed by atoms with E-state index in [1.807, 2.05) is 7.05 Å². The van der Waals surface area contributed by atoms with Gasteiger partial charge in [-0.2, -0.15) is 0 Å². The number of allylic oxidation sites excluding steroid dienone is 1. The Morgan fingerprint density at radius 3 is 2.73 bits per heavy atom. The molecule has 0 aromatic rings.